The highest BCUT2D eigenvalue weighted by Gasteiger charge is 2.11. The molecule has 1 aromatic heterocycles. The lowest BCUT2D eigenvalue weighted by Gasteiger charge is -2.08. The smallest absolute Gasteiger partial charge is 0.191 e. The van der Waals surface area contributed by atoms with Gasteiger partial charge in [0.25, 0.3) is 0 Å². The summed E-state index contributed by atoms with van der Waals surface area (Å²) in [5, 5.41) is 21.0. The lowest BCUT2D eigenvalue weighted by atomic mass is 10.2. The average molecular weight is 242 g/mol. The number of aliphatic hydroxyl groups excluding tert-OH is 1. The Kier molecular flexibility index (Phi) is 5.00. The predicted octanol–water partition coefficient (Wildman–Crippen LogP) is 0.292. The summed E-state index contributed by atoms with van der Waals surface area (Å²) in [4.78, 5) is 8.09. The molecule has 0 radical (unpaired) electrons. The molecule has 4 N–H and O–H groups in total. The molecule has 0 bridgehead atoms. The zero-order valence-corrected chi connectivity index (χ0v) is 9.68. The van der Waals surface area contributed by atoms with Gasteiger partial charge in [0.15, 0.2) is 5.84 Å². The number of aromatic nitrogens is 2. The van der Waals surface area contributed by atoms with E-state index in [9.17, 15) is 0 Å². The summed E-state index contributed by atoms with van der Waals surface area (Å²) in [6.07, 6.45) is 3.02. The lowest BCUT2D eigenvalue weighted by Crippen LogP contribution is -2.17. The minimum absolute atomic E-state index is 0.0627. The summed E-state index contributed by atoms with van der Waals surface area (Å²) in [5.41, 5.74) is 5.83. The fourth-order valence-corrected chi connectivity index (χ4v) is 1.91. The van der Waals surface area contributed by atoms with Crippen molar-refractivity contribution in [1.29, 1.82) is 0 Å². The van der Waals surface area contributed by atoms with Crippen molar-refractivity contribution in [2.75, 3.05) is 12.4 Å². The molecular formula is C9H14N4O2S. The zero-order valence-electron chi connectivity index (χ0n) is 8.87. The van der Waals surface area contributed by atoms with E-state index in [1.807, 2.05) is 6.92 Å². The maximum atomic E-state index is 8.90. The van der Waals surface area contributed by atoms with E-state index in [0.717, 1.165) is 0 Å². The van der Waals surface area contributed by atoms with Crippen molar-refractivity contribution in [3.63, 3.8) is 0 Å². The molecule has 0 aliphatic rings. The van der Waals surface area contributed by atoms with Crippen LogP contribution in [-0.2, 0) is 0 Å². The SMILES string of the molecule is CC(CO)CSc1nccnc1C(N)=NO. The van der Waals surface area contributed by atoms with Gasteiger partial charge in [0.05, 0.1) is 0 Å². The highest BCUT2D eigenvalue weighted by atomic mass is 32.2. The van der Waals surface area contributed by atoms with Crippen LogP contribution < -0.4 is 5.73 Å². The molecule has 1 rings (SSSR count). The Bertz CT molecular complexity index is 372. The van der Waals surface area contributed by atoms with Crippen molar-refractivity contribution in [3.05, 3.63) is 18.1 Å². The van der Waals surface area contributed by atoms with E-state index >= 15 is 0 Å². The van der Waals surface area contributed by atoms with Gasteiger partial charge >= 0.3 is 0 Å². The zero-order chi connectivity index (χ0) is 12.0. The Morgan fingerprint density at radius 2 is 2.25 bits per heavy atom. The normalized spacial score (nSPS) is 13.8. The number of hydrogen-bond acceptors (Lipinski definition) is 6. The average Bonchev–Trinajstić information content (AvgIpc) is 2.35. The van der Waals surface area contributed by atoms with Crippen LogP contribution >= 0.6 is 11.8 Å². The third-order valence-electron chi connectivity index (χ3n) is 1.83. The summed E-state index contributed by atoms with van der Waals surface area (Å²) < 4.78 is 0. The van der Waals surface area contributed by atoms with Crippen molar-refractivity contribution in [3.8, 4) is 0 Å². The van der Waals surface area contributed by atoms with Crippen LogP contribution in [0.1, 0.15) is 12.6 Å². The number of oxime groups is 1. The first kappa shape index (κ1) is 12.7. The fourth-order valence-electron chi connectivity index (χ4n) is 0.928. The Balaban J connectivity index is 2.79. The summed E-state index contributed by atoms with van der Waals surface area (Å²) in [6, 6.07) is 0. The van der Waals surface area contributed by atoms with Gasteiger partial charge in [-0.3, -0.25) is 0 Å². The van der Waals surface area contributed by atoms with Crippen molar-refractivity contribution in [2.45, 2.75) is 11.9 Å². The number of rotatable bonds is 5. The van der Waals surface area contributed by atoms with Gasteiger partial charge in [-0.05, 0) is 5.92 Å². The van der Waals surface area contributed by atoms with Crippen LogP contribution in [0.4, 0.5) is 0 Å². The van der Waals surface area contributed by atoms with Gasteiger partial charge in [0, 0.05) is 24.8 Å². The highest BCUT2D eigenvalue weighted by Crippen LogP contribution is 2.20. The second-order valence-corrected chi connectivity index (χ2v) is 4.30. The maximum Gasteiger partial charge on any atom is 0.191 e. The van der Waals surface area contributed by atoms with Crippen molar-refractivity contribution < 1.29 is 10.3 Å². The first-order valence-electron chi connectivity index (χ1n) is 4.71. The first-order valence-corrected chi connectivity index (χ1v) is 5.70. The molecule has 88 valence electrons. The summed E-state index contributed by atoms with van der Waals surface area (Å²) in [7, 11) is 0. The van der Waals surface area contributed by atoms with Gasteiger partial charge in [0.1, 0.15) is 10.7 Å². The number of nitrogens with zero attached hydrogens (tertiary/aromatic N) is 3. The van der Waals surface area contributed by atoms with Crippen LogP contribution in [-0.4, -0.2) is 38.5 Å². The molecule has 7 heteroatoms. The second kappa shape index (κ2) is 6.29. The molecule has 1 aromatic rings. The van der Waals surface area contributed by atoms with E-state index in [0.29, 0.717) is 16.5 Å². The van der Waals surface area contributed by atoms with E-state index in [2.05, 4.69) is 15.1 Å². The van der Waals surface area contributed by atoms with Crippen molar-refractivity contribution in [2.24, 2.45) is 16.8 Å². The minimum Gasteiger partial charge on any atom is -0.409 e. The number of thioether (sulfide) groups is 1. The second-order valence-electron chi connectivity index (χ2n) is 3.29. The molecule has 1 atom stereocenters. The molecule has 1 heterocycles. The van der Waals surface area contributed by atoms with Crippen molar-refractivity contribution >= 4 is 17.6 Å². The van der Waals surface area contributed by atoms with Crippen LogP contribution in [0.3, 0.4) is 0 Å². The summed E-state index contributed by atoms with van der Waals surface area (Å²) in [6.45, 7) is 2.04. The van der Waals surface area contributed by atoms with Crippen molar-refractivity contribution in [1.82, 2.24) is 9.97 Å². The third-order valence-corrected chi connectivity index (χ3v) is 3.14. The van der Waals surface area contributed by atoms with Crippen LogP contribution in [0.25, 0.3) is 0 Å². The molecule has 0 spiro atoms. The number of nitrogens with two attached hydrogens (primary N) is 1. The molecule has 0 aromatic carbocycles. The molecule has 0 aliphatic heterocycles. The quantitative estimate of drug-likeness (QED) is 0.225. The van der Waals surface area contributed by atoms with E-state index in [1.165, 1.54) is 18.0 Å². The van der Waals surface area contributed by atoms with Gasteiger partial charge in [-0.2, -0.15) is 0 Å². The maximum absolute atomic E-state index is 8.90. The minimum atomic E-state index is -0.0627. The lowest BCUT2D eigenvalue weighted by molar-refractivity contribution is 0.250. The molecule has 0 aliphatic carbocycles. The number of aliphatic hydroxyl groups is 1. The fraction of sp³-hybridized carbons (Fsp3) is 0.444. The van der Waals surface area contributed by atoms with Crippen LogP contribution in [0.2, 0.25) is 0 Å². The Morgan fingerprint density at radius 3 is 2.88 bits per heavy atom. The van der Waals surface area contributed by atoms with Gasteiger partial charge in [-0.15, -0.1) is 11.8 Å². The highest BCUT2D eigenvalue weighted by molar-refractivity contribution is 7.99. The van der Waals surface area contributed by atoms with Gasteiger partial charge in [-0.25, -0.2) is 9.97 Å². The molecular weight excluding hydrogens is 228 g/mol. The van der Waals surface area contributed by atoms with Crippen LogP contribution in [0.5, 0.6) is 0 Å². The van der Waals surface area contributed by atoms with Gasteiger partial charge in [0.2, 0.25) is 0 Å². The van der Waals surface area contributed by atoms with E-state index in [4.69, 9.17) is 16.0 Å². The first-order chi connectivity index (χ1) is 7.69. The molecule has 6 nitrogen and oxygen atoms in total. The monoisotopic (exact) mass is 242 g/mol. The van der Waals surface area contributed by atoms with E-state index in [1.54, 1.807) is 6.20 Å². The molecule has 1 unspecified atom stereocenters. The standard InChI is InChI=1S/C9H14N4O2S/c1-6(4-14)5-16-9-7(8(10)13-15)11-2-3-12-9/h2-3,6,14-15H,4-5H2,1H3,(H2,10,13). The summed E-state index contributed by atoms with van der Waals surface area (Å²) in [5.74, 6) is 0.792. The number of hydrogen-bond donors (Lipinski definition) is 3. The van der Waals surface area contributed by atoms with Crippen LogP contribution in [0.15, 0.2) is 22.6 Å². The van der Waals surface area contributed by atoms with Gasteiger partial charge < -0.3 is 16.0 Å². The van der Waals surface area contributed by atoms with Crippen LogP contribution in [0, 0.1) is 5.92 Å². The Morgan fingerprint density at radius 1 is 1.56 bits per heavy atom. The molecule has 0 saturated carbocycles. The Labute approximate surface area is 97.6 Å². The molecule has 0 saturated heterocycles. The predicted molar refractivity (Wildman–Crippen MR) is 61.5 cm³/mol. The number of amidine groups is 1. The third kappa shape index (κ3) is 3.35. The molecule has 0 amide bonds. The van der Waals surface area contributed by atoms with E-state index < -0.39 is 0 Å². The van der Waals surface area contributed by atoms with Gasteiger partial charge in [-0.1, -0.05) is 12.1 Å². The summed E-state index contributed by atoms with van der Waals surface area (Å²) >= 11 is 1.42. The topological polar surface area (TPSA) is 105 Å². The Hall–Kier alpha value is -1.34. The largest absolute Gasteiger partial charge is 0.409 e. The molecule has 16 heavy (non-hydrogen) atoms. The molecule has 0 fully saturated rings. The van der Waals surface area contributed by atoms with E-state index in [-0.39, 0.29) is 18.4 Å².